The summed E-state index contributed by atoms with van der Waals surface area (Å²) in [4.78, 5) is 0. The first-order valence-electron chi connectivity index (χ1n) is 5.24. The Morgan fingerprint density at radius 3 is 2.94 bits per heavy atom. The Bertz CT molecular complexity index is 384. The lowest BCUT2D eigenvalue weighted by atomic mass is 10.0. The van der Waals surface area contributed by atoms with Crippen LogP contribution in [-0.2, 0) is 0 Å². The molecule has 0 heterocycles. The van der Waals surface area contributed by atoms with Crippen LogP contribution in [0, 0.1) is 15.9 Å². The predicted molar refractivity (Wildman–Crippen MR) is 81.3 cm³/mol. The van der Waals surface area contributed by atoms with E-state index in [4.69, 9.17) is 6.42 Å². The lowest BCUT2D eigenvalue weighted by Crippen LogP contribution is -2.17. The fourth-order valence-corrected chi connectivity index (χ4v) is 2.74. The largest absolute Gasteiger partial charge is 0.313 e. The minimum Gasteiger partial charge on any atom is -0.313 e. The molecule has 1 atom stereocenters. The van der Waals surface area contributed by atoms with Crippen LogP contribution < -0.4 is 5.32 Å². The van der Waals surface area contributed by atoms with Gasteiger partial charge in [-0.1, -0.05) is 15.9 Å². The molecule has 0 fully saturated rings. The predicted octanol–water partition coefficient (Wildman–Crippen LogP) is 4.12. The molecule has 0 saturated carbocycles. The van der Waals surface area contributed by atoms with Gasteiger partial charge in [0.1, 0.15) is 0 Å². The van der Waals surface area contributed by atoms with Crippen molar-refractivity contribution in [3.05, 3.63) is 31.8 Å². The zero-order chi connectivity index (χ0) is 12.0. The van der Waals surface area contributed by atoms with Crippen LogP contribution in [-0.4, -0.2) is 7.05 Å². The van der Waals surface area contributed by atoms with Gasteiger partial charge in [0.25, 0.3) is 0 Å². The van der Waals surface area contributed by atoms with E-state index in [0.29, 0.717) is 6.04 Å². The van der Waals surface area contributed by atoms with Crippen molar-refractivity contribution in [2.75, 3.05) is 7.05 Å². The normalized spacial score (nSPS) is 12.1. The third-order valence-electron chi connectivity index (χ3n) is 2.50. The molecule has 1 rings (SSSR count). The first-order chi connectivity index (χ1) is 7.69. The third-order valence-corrected chi connectivity index (χ3v) is 3.97. The van der Waals surface area contributed by atoms with Crippen molar-refractivity contribution in [1.82, 2.24) is 5.32 Å². The maximum absolute atomic E-state index is 5.27. The lowest BCUT2D eigenvalue weighted by Gasteiger charge is -2.18. The molecule has 1 unspecified atom stereocenters. The molecule has 3 heteroatoms. The second-order valence-corrected chi connectivity index (χ2v) is 5.68. The summed E-state index contributed by atoms with van der Waals surface area (Å²) < 4.78 is 2.42. The highest BCUT2D eigenvalue weighted by Crippen LogP contribution is 2.27. The molecule has 0 aliphatic carbocycles. The molecule has 1 aromatic carbocycles. The average Bonchev–Trinajstić information content (AvgIpc) is 2.28. The van der Waals surface area contributed by atoms with Crippen LogP contribution in [0.15, 0.2) is 22.7 Å². The fraction of sp³-hybridized carbons (Fsp3) is 0.385. The molecule has 1 nitrogen and oxygen atoms in total. The van der Waals surface area contributed by atoms with Crippen LogP contribution in [0.2, 0.25) is 0 Å². The molecule has 0 spiro atoms. The Kier molecular flexibility index (Phi) is 6.40. The molecule has 0 radical (unpaired) electrons. The standard InChI is InChI=1S/C13H15BrIN/c1-3-4-5-6-13(16-2)11-9-10(14)7-8-12(11)15/h1,7-9,13,16H,4-6H2,2H3. The minimum atomic E-state index is 0.387. The average molecular weight is 392 g/mol. The molecule has 1 N–H and O–H groups in total. The summed E-state index contributed by atoms with van der Waals surface area (Å²) in [5.74, 6) is 2.69. The Morgan fingerprint density at radius 2 is 2.31 bits per heavy atom. The van der Waals surface area contributed by atoms with Gasteiger partial charge in [-0.2, -0.15) is 0 Å². The number of hydrogen-bond donors (Lipinski definition) is 1. The zero-order valence-electron chi connectivity index (χ0n) is 9.26. The SMILES string of the molecule is C#CCCCC(NC)c1cc(Br)ccc1I. The Labute approximate surface area is 120 Å². The van der Waals surface area contributed by atoms with Crippen molar-refractivity contribution < 1.29 is 0 Å². The summed E-state index contributed by atoms with van der Waals surface area (Å²) in [6, 6.07) is 6.77. The Morgan fingerprint density at radius 1 is 1.56 bits per heavy atom. The number of halogens is 2. The van der Waals surface area contributed by atoms with Crippen molar-refractivity contribution in [1.29, 1.82) is 0 Å². The Balaban J connectivity index is 2.78. The lowest BCUT2D eigenvalue weighted by molar-refractivity contribution is 0.530. The van der Waals surface area contributed by atoms with E-state index in [1.807, 2.05) is 7.05 Å². The highest BCUT2D eigenvalue weighted by Gasteiger charge is 2.12. The second kappa shape index (κ2) is 7.31. The van der Waals surface area contributed by atoms with Crippen molar-refractivity contribution in [3.63, 3.8) is 0 Å². The van der Waals surface area contributed by atoms with Crippen molar-refractivity contribution in [2.45, 2.75) is 25.3 Å². The van der Waals surface area contributed by atoms with E-state index in [2.05, 4.69) is 68.0 Å². The molecule has 0 aliphatic rings. The molecular formula is C13H15BrIN. The fourth-order valence-electron chi connectivity index (χ4n) is 1.65. The quantitative estimate of drug-likeness (QED) is 0.452. The number of hydrogen-bond acceptors (Lipinski definition) is 1. The van der Waals surface area contributed by atoms with E-state index in [0.717, 1.165) is 23.7 Å². The molecule has 1 aromatic rings. The van der Waals surface area contributed by atoms with E-state index >= 15 is 0 Å². The molecule has 0 saturated heterocycles. The smallest absolute Gasteiger partial charge is 0.0328 e. The van der Waals surface area contributed by atoms with Gasteiger partial charge in [0.15, 0.2) is 0 Å². The van der Waals surface area contributed by atoms with E-state index in [-0.39, 0.29) is 0 Å². The monoisotopic (exact) mass is 391 g/mol. The first-order valence-corrected chi connectivity index (χ1v) is 7.12. The Hall–Kier alpha value is -0.0500. The molecule has 86 valence electrons. The van der Waals surface area contributed by atoms with Gasteiger partial charge in [0.2, 0.25) is 0 Å². The van der Waals surface area contributed by atoms with Crippen LogP contribution in [0.1, 0.15) is 30.9 Å². The summed E-state index contributed by atoms with van der Waals surface area (Å²) in [6.45, 7) is 0. The van der Waals surface area contributed by atoms with Crippen molar-refractivity contribution >= 4 is 38.5 Å². The van der Waals surface area contributed by atoms with E-state index in [1.54, 1.807) is 0 Å². The summed E-state index contributed by atoms with van der Waals surface area (Å²) >= 11 is 5.89. The summed E-state index contributed by atoms with van der Waals surface area (Å²) in [6.07, 6.45) is 8.26. The van der Waals surface area contributed by atoms with Crippen LogP contribution >= 0.6 is 38.5 Å². The first kappa shape index (κ1) is 14.0. The maximum Gasteiger partial charge on any atom is 0.0328 e. The summed E-state index contributed by atoms with van der Waals surface area (Å²) in [7, 11) is 2.00. The van der Waals surface area contributed by atoms with Gasteiger partial charge in [-0.05, 0) is 66.2 Å². The zero-order valence-corrected chi connectivity index (χ0v) is 13.0. The van der Waals surface area contributed by atoms with Gasteiger partial charge in [0.05, 0.1) is 0 Å². The summed E-state index contributed by atoms with van der Waals surface area (Å²) in [5, 5.41) is 3.35. The number of nitrogens with one attached hydrogen (secondary N) is 1. The van der Waals surface area contributed by atoms with Gasteiger partial charge >= 0.3 is 0 Å². The van der Waals surface area contributed by atoms with E-state index in [1.165, 1.54) is 9.13 Å². The maximum atomic E-state index is 5.27. The molecule has 0 amide bonds. The number of rotatable bonds is 5. The molecule has 16 heavy (non-hydrogen) atoms. The highest BCUT2D eigenvalue weighted by molar-refractivity contribution is 14.1. The minimum absolute atomic E-state index is 0.387. The van der Waals surface area contributed by atoms with E-state index < -0.39 is 0 Å². The topological polar surface area (TPSA) is 12.0 Å². The van der Waals surface area contributed by atoms with Crippen LogP contribution in [0.4, 0.5) is 0 Å². The highest BCUT2D eigenvalue weighted by atomic mass is 127. The second-order valence-electron chi connectivity index (χ2n) is 3.60. The number of unbranched alkanes of at least 4 members (excludes halogenated alkanes) is 1. The third kappa shape index (κ3) is 4.08. The number of terminal acetylenes is 1. The number of benzene rings is 1. The molecular weight excluding hydrogens is 377 g/mol. The van der Waals surface area contributed by atoms with Crippen LogP contribution in [0.5, 0.6) is 0 Å². The molecule has 0 aliphatic heterocycles. The summed E-state index contributed by atoms with van der Waals surface area (Å²) in [5.41, 5.74) is 1.34. The van der Waals surface area contributed by atoms with Crippen LogP contribution in [0.25, 0.3) is 0 Å². The van der Waals surface area contributed by atoms with Crippen molar-refractivity contribution in [3.8, 4) is 12.3 Å². The van der Waals surface area contributed by atoms with Gasteiger partial charge in [-0.3, -0.25) is 0 Å². The van der Waals surface area contributed by atoms with Crippen molar-refractivity contribution in [2.24, 2.45) is 0 Å². The van der Waals surface area contributed by atoms with Gasteiger partial charge in [-0.25, -0.2) is 0 Å². The molecule has 0 aromatic heterocycles. The van der Waals surface area contributed by atoms with Gasteiger partial charge in [0, 0.05) is 20.5 Å². The van der Waals surface area contributed by atoms with Crippen LogP contribution in [0.3, 0.4) is 0 Å². The van der Waals surface area contributed by atoms with Gasteiger partial charge in [-0.15, -0.1) is 12.3 Å². The van der Waals surface area contributed by atoms with Gasteiger partial charge < -0.3 is 5.32 Å². The molecule has 0 bridgehead atoms. The van der Waals surface area contributed by atoms with E-state index in [9.17, 15) is 0 Å².